The van der Waals surface area contributed by atoms with Gasteiger partial charge in [-0.25, -0.2) is 14.2 Å². The molecule has 3 rings (SSSR count). The quantitative estimate of drug-likeness (QED) is 0.451. The number of benzene rings is 2. The fourth-order valence-corrected chi connectivity index (χ4v) is 2.35. The second kappa shape index (κ2) is 7.65. The maximum Gasteiger partial charge on any atom is 0.363 e. The molecule has 1 aliphatic heterocycles. The zero-order chi connectivity index (χ0) is 18.5. The fraction of sp³-hybridized carbons (Fsp3) is 0.100. The Labute approximate surface area is 150 Å². The van der Waals surface area contributed by atoms with E-state index in [9.17, 15) is 9.18 Å². The van der Waals surface area contributed by atoms with Crippen molar-refractivity contribution in [2.75, 3.05) is 13.7 Å². The van der Waals surface area contributed by atoms with Gasteiger partial charge < -0.3 is 14.2 Å². The number of rotatable bonds is 6. The van der Waals surface area contributed by atoms with Gasteiger partial charge in [0.15, 0.2) is 17.2 Å². The summed E-state index contributed by atoms with van der Waals surface area (Å²) in [6, 6.07) is 10.9. The highest BCUT2D eigenvalue weighted by Crippen LogP contribution is 2.29. The summed E-state index contributed by atoms with van der Waals surface area (Å²) < 4.78 is 29.2. The van der Waals surface area contributed by atoms with Crippen LogP contribution in [0, 0.1) is 5.82 Å². The lowest BCUT2D eigenvalue weighted by molar-refractivity contribution is -0.129. The normalized spacial score (nSPS) is 14.8. The second-order valence-corrected chi connectivity index (χ2v) is 5.36. The van der Waals surface area contributed by atoms with Crippen LogP contribution in [0.15, 0.2) is 65.8 Å². The number of carbonyl (C=O) groups excluding carboxylic acids is 1. The number of aliphatic imine (C=N–C) groups is 1. The molecule has 2 aromatic carbocycles. The van der Waals surface area contributed by atoms with Crippen molar-refractivity contribution in [1.29, 1.82) is 0 Å². The molecule has 0 unspecified atom stereocenters. The molecule has 0 saturated carbocycles. The first-order valence-electron chi connectivity index (χ1n) is 7.81. The van der Waals surface area contributed by atoms with E-state index in [0.717, 1.165) is 0 Å². The average molecular weight is 353 g/mol. The summed E-state index contributed by atoms with van der Waals surface area (Å²) in [5.41, 5.74) is 1.20. The first-order valence-corrected chi connectivity index (χ1v) is 7.81. The van der Waals surface area contributed by atoms with Crippen LogP contribution in [0.5, 0.6) is 11.5 Å². The number of hydrogen-bond donors (Lipinski definition) is 0. The van der Waals surface area contributed by atoms with Gasteiger partial charge in [0.1, 0.15) is 12.4 Å². The van der Waals surface area contributed by atoms with Gasteiger partial charge in [-0.2, -0.15) is 0 Å². The molecule has 1 heterocycles. The molecule has 0 bridgehead atoms. The molecule has 1 aliphatic rings. The monoisotopic (exact) mass is 353 g/mol. The van der Waals surface area contributed by atoms with Crippen LogP contribution >= 0.6 is 0 Å². The number of hydrogen-bond acceptors (Lipinski definition) is 5. The Bertz CT molecular complexity index is 918. The molecule has 0 spiro atoms. The van der Waals surface area contributed by atoms with E-state index in [4.69, 9.17) is 14.2 Å². The van der Waals surface area contributed by atoms with Crippen molar-refractivity contribution in [2.24, 2.45) is 4.99 Å². The number of ether oxygens (including phenoxy) is 3. The first kappa shape index (κ1) is 17.4. The van der Waals surface area contributed by atoms with Crippen LogP contribution < -0.4 is 9.47 Å². The molecule has 0 aromatic heterocycles. The van der Waals surface area contributed by atoms with E-state index < -0.39 is 11.8 Å². The summed E-state index contributed by atoms with van der Waals surface area (Å²) in [5, 5.41) is 0. The van der Waals surface area contributed by atoms with Crippen LogP contribution in [-0.2, 0) is 9.53 Å². The first-order chi connectivity index (χ1) is 12.6. The summed E-state index contributed by atoms with van der Waals surface area (Å²) in [6.07, 6.45) is 3.20. The third-order valence-electron chi connectivity index (χ3n) is 3.54. The number of carbonyl (C=O) groups is 1. The van der Waals surface area contributed by atoms with Crippen LogP contribution in [-0.4, -0.2) is 25.6 Å². The van der Waals surface area contributed by atoms with Gasteiger partial charge in [-0.05, 0) is 42.0 Å². The molecule has 26 heavy (non-hydrogen) atoms. The standard InChI is InChI=1S/C20H16FNO4/c1-3-9-25-17-8-7-13(11-18(17)24-2)10-16-20(23)26-19(22-16)14-5-4-6-15(21)12-14/h3-8,10-12H,1,9H2,2H3. The Morgan fingerprint density at radius 3 is 2.81 bits per heavy atom. The lowest BCUT2D eigenvalue weighted by atomic mass is 10.1. The van der Waals surface area contributed by atoms with Gasteiger partial charge in [0.05, 0.1) is 7.11 Å². The van der Waals surface area contributed by atoms with E-state index >= 15 is 0 Å². The maximum absolute atomic E-state index is 13.3. The van der Waals surface area contributed by atoms with Crippen molar-refractivity contribution in [3.8, 4) is 11.5 Å². The summed E-state index contributed by atoms with van der Waals surface area (Å²) in [6.45, 7) is 3.95. The summed E-state index contributed by atoms with van der Waals surface area (Å²) in [4.78, 5) is 16.2. The van der Waals surface area contributed by atoms with Gasteiger partial charge in [0.2, 0.25) is 5.90 Å². The summed E-state index contributed by atoms with van der Waals surface area (Å²) in [7, 11) is 1.52. The predicted octanol–water partition coefficient (Wildman–Crippen LogP) is 3.74. The maximum atomic E-state index is 13.3. The molecule has 6 heteroatoms. The zero-order valence-corrected chi connectivity index (χ0v) is 14.1. The molecular formula is C20H16FNO4. The van der Waals surface area contributed by atoms with E-state index in [1.54, 1.807) is 36.4 Å². The Balaban J connectivity index is 1.89. The summed E-state index contributed by atoms with van der Waals surface area (Å²) in [5.74, 6) is 0.113. The molecule has 2 aromatic rings. The van der Waals surface area contributed by atoms with Crippen molar-refractivity contribution in [3.05, 3.63) is 77.8 Å². The number of cyclic esters (lactones) is 1. The minimum atomic E-state index is -0.602. The van der Waals surface area contributed by atoms with Crippen LogP contribution in [0.3, 0.4) is 0 Å². The van der Waals surface area contributed by atoms with Gasteiger partial charge >= 0.3 is 5.97 Å². The SMILES string of the molecule is C=CCOc1ccc(C=C2N=C(c3cccc(F)c3)OC2=O)cc1OC. The van der Waals surface area contributed by atoms with Gasteiger partial charge in [0.25, 0.3) is 0 Å². The molecule has 0 radical (unpaired) electrons. The number of esters is 1. The molecule has 0 fully saturated rings. The third-order valence-corrected chi connectivity index (χ3v) is 3.54. The zero-order valence-electron chi connectivity index (χ0n) is 14.1. The Morgan fingerprint density at radius 2 is 2.08 bits per heavy atom. The highest BCUT2D eigenvalue weighted by Gasteiger charge is 2.24. The van der Waals surface area contributed by atoms with Crippen molar-refractivity contribution in [1.82, 2.24) is 0 Å². The Kier molecular flexibility index (Phi) is 5.12. The molecule has 5 nitrogen and oxygen atoms in total. The van der Waals surface area contributed by atoms with E-state index in [-0.39, 0.29) is 11.6 Å². The highest BCUT2D eigenvalue weighted by atomic mass is 19.1. The van der Waals surface area contributed by atoms with E-state index in [2.05, 4.69) is 11.6 Å². The third kappa shape index (κ3) is 3.80. The van der Waals surface area contributed by atoms with Gasteiger partial charge in [-0.3, -0.25) is 0 Å². The molecule has 0 atom stereocenters. The van der Waals surface area contributed by atoms with Gasteiger partial charge in [-0.15, -0.1) is 0 Å². The van der Waals surface area contributed by atoms with Crippen LogP contribution in [0.1, 0.15) is 11.1 Å². The molecule has 0 amide bonds. The highest BCUT2D eigenvalue weighted by molar-refractivity contribution is 6.12. The lowest BCUT2D eigenvalue weighted by Crippen LogP contribution is -2.05. The number of nitrogens with zero attached hydrogens (tertiary/aromatic N) is 1. The molecular weight excluding hydrogens is 337 g/mol. The van der Waals surface area contributed by atoms with Gasteiger partial charge in [0, 0.05) is 5.56 Å². The molecule has 0 aliphatic carbocycles. The average Bonchev–Trinajstić information content (AvgIpc) is 3.01. The minimum absolute atomic E-state index is 0.0682. The van der Waals surface area contributed by atoms with Crippen molar-refractivity contribution >= 4 is 17.9 Å². The van der Waals surface area contributed by atoms with Gasteiger partial charge in [-0.1, -0.05) is 24.8 Å². The number of methoxy groups -OCH3 is 1. The summed E-state index contributed by atoms with van der Waals surface area (Å²) >= 11 is 0. The minimum Gasteiger partial charge on any atom is -0.493 e. The number of halogens is 1. The molecule has 0 saturated heterocycles. The fourth-order valence-electron chi connectivity index (χ4n) is 2.35. The van der Waals surface area contributed by atoms with Crippen LogP contribution in [0.4, 0.5) is 4.39 Å². The topological polar surface area (TPSA) is 57.1 Å². The lowest BCUT2D eigenvalue weighted by Gasteiger charge is -2.09. The van der Waals surface area contributed by atoms with Crippen molar-refractivity contribution < 1.29 is 23.4 Å². The Morgan fingerprint density at radius 1 is 1.23 bits per heavy atom. The van der Waals surface area contributed by atoms with Crippen molar-refractivity contribution in [2.45, 2.75) is 0 Å². The largest absolute Gasteiger partial charge is 0.493 e. The predicted molar refractivity (Wildman–Crippen MR) is 95.7 cm³/mol. The Hall–Kier alpha value is -3.41. The van der Waals surface area contributed by atoms with E-state index in [1.165, 1.54) is 25.3 Å². The smallest absolute Gasteiger partial charge is 0.363 e. The van der Waals surface area contributed by atoms with E-state index in [1.807, 2.05) is 0 Å². The van der Waals surface area contributed by atoms with Crippen LogP contribution in [0.2, 0.25) is 0 Å². The molecule has 0 N–H and O–H groups in total. The molecule has 132 valence electrons. The second-order valence-electron chi connectivity index (χ2n) is 5.36. The van der Waals surface area contributed by atoms with E-state index in [0.29, 0.717) is 29.2 Å². The van der Waals surface area contributed by atoms with Crippen molar-refractivity contribution in [3.63, 3.8) is 0 Å². The van der Waals surface area contributed by atoms with Crippen LogP contribution in [0.25, 0.3) is 6.08 Å².